The van der Waals surface area contributed by atoms with Gasteiger partial charge >= 0.3 is 0 Å². The van der Waals surface area contributed by atoms with Crippen molar-refractivity contribution in [1.29, 1.82) is 0 Å². The van der Waals surface area contributed by atoms with E-state index in [1.54, 1.807) is 6.08 Å². The molecule has 0 saturated heterocycles. The molecule has 2 aromatic carbocycles. The van der Waals surface area contributed by atoms with Crippen molar-refractivity contribution in [3.05, 3.63) is 89.9 Å². The topological polar surface area (TPSA) is 51.5 Å². The molecule has 0 aliphatic rings. The Hall–Kier alpha value is -3.27. The van der Waals surface area contributed by atoms with Crippen LogP contribution in [-0.4, -0.2) is 5.91 Å². The predicted octanol–water partition coefficient (Wildman–Crippen LogP) is 4.82. The number of carbonyl (C=O) groups is 1. The second-order valence-corrected chi connectivity index (χ2v) is 5.57. The summed E-state index contributed by atoms with van der Waals surface area (Å²) in [6, 6.07) is 20.9. The second-order valence-electron chi connectivity index (χ2n) is 5.57. The molecule has 0 saturated carbocycles. The Bertz CT molecular complexity index is 848. The van der Waals surface area contributed by atoms with Gasteiger partial charge in [-0.05, 0) is 55.0 Å². The van der Waals surface area contributed by atoms with E-state index in [0.29, 0.717) is 18.1 Å². The number of carbonyl (C=O) groups excluding carboxylic acids is 1. The lowest BCUT2D eigenvalue weighted by Gasteiger charge is -2.07. The monoisotopic (exact) mass is 333 g/mol. The van der Waals surface area contributed by atoms with Crippen molar-refractivity contribution >= 4 is 17.7 Å². The first-order chi connectivity index (χ1) is 12.2. The van der Waals surface area contributed by atoms with Crippen LogP contribution in [0, 0.1) is 6.92 Å². The number of benzene rings is 2. The third-order valence-electron chi connectivity index (χ3n) is 3.53. The highest BCUT2D eigenvalue weighted by Crippen LogP contribution is 2.17. The molecular weight excluding hydrogens is 314 g/mol. The Morgan fingerprint density at radius 1 is 1.04 bits per heavy atom. The first-order valence-corrected chi connectivity index (χ1v) is 8.01. The van der Waals surface area contributed by atoms with Gasteiger partial charge in [-0.1, -0.05) is 30.3 Å². The Morgan fingerprint density at radius 3 is 2.48 bits per heavy atom. The average Bonchev–Trinajstić information content (AvgIpc) is 3.06. The van der Waals surface area contributed by atoms with Crippen LogP contribution in [0.3, 0.4) is 0 Å². The maximum absolute atomic E-state index is 11.9. The molecule has 1 N–H and O–H groups in total. The third-order valence-corrected chi connectivity index (χ3v) is 3.53. The molecule has 3 rings (SSSR count). The van der Waals surface area contributed by atoms with Crippen molar-refractivity contribution in [2.75, 3.05) is 5.32 Å². The lowest BCUT2D eigenvalue weighted by Crippen LogP contribution is -2.07. The smallest absolute Gasteiger partial charge is 0.248 e. The highest BCUT2D eigenvalue weighted by atomic mass is 16.5. The van der Waals surface area contributed by atoms with Gasteiger partial charge in [-0.25, -0.2) is 0 Å². The molecule has 25 heavy (non-hydrogen) atoms. The predicted molar refractivity (Wildman–Crippen MR) is 98.3 cm³/mol. The molecule has 1 aromatic heterocycles. The van der Waals surface area contributed by atoms with Gasteiger partial charge in [0.2, 0.25) is 5.91 Å². The molecule has 0 aliphatic heterocycles. The zero-order valence-electron chi connectivity index (χ0n) is 13.9. The van der Waals surface area contributed by atoms with Gasteiger partial charge in [-0.3, -0.25) is 4.79 Å². The minimum Gasteiger partial charge on any atom is -0.489 e. The summed E-state index contributed by atoms with van der Waals surface area (Å²) in [5.41, 5.74) is 1.82. The number of amides is 1. The SMILES string of the molecule is Cc1ccc(C=CC(=O)Nc2ccc(OCc3ccccc3)cc2)o1. The van der Waals surface area contributed by atoms with E-state index in [-0.39, 0.29) is 5.91 Å². The van der Waals surface area contributed by atoms with Gasteiger partial charge in [0.25, 0.3) is 0 Å². The van der Waals surface area contributed by atoms with Gasteiger partial charge in [0, 0.05) is 11.8 Å². The Kier molecular flexibility index (Phi) is 5.32. The van der Waals surface area contributed by atoms with Crippen molar-refractivity contribution in [2.45, 2.75) is 13.5 Å². The van der Waals surface area contributed by atoms with E-state index in [9.17, 15) is 4.79 Å². The van der Waals surface area contributed by atoms with Gasteiger partial charge in [-0.2, -0.15) is 0 Å². The number of furan rings is 1. The van der Waals surface area contributed by atoms with Crippen LogP contribution >= 0.6 is 0 Å². The first-order valence-electron chi connectivity index (χ1n) is 8.01. The summed E-state index contributed by atoms with van der Waals surface area (Å²) >= 11 is 0. The van der Waals surface area contributed by atoms with E-state index >= 15 is 0 Å². The molecule has 0 atom stereocenters. The number of anilines is 1. The number of rotatable bonds is 6. The Balaban J connectivity index is 1.51. The normalized spacial score (nSPS) is 10.8. The Labute approximate surface area is 146 Å². The zero-order chi connectivity index (χ0) is 17.5. The molecular formula is C21H19NO3. The van der Waals surface area contributed by atoms with E-state index in [4.69, 9.17) is 9.15 Å². The molecule has 126 valence electrons. The van der Waals surface area contributed by atoms with E-state index in [1.807, 2.05) is 73.7 Å². The zero-order valence-corrected chi connectivity index (χ0v) is 13.9. The van der Waals surface area contributed by atoms with Crippen LogP contribution in [0.5, 0.6) is 5.75 Å². The average molecular weight is 333 g/mol. The summed E-state index contributed by atoms with van der Waals surface area (Å²) in [5.74, 6) is 2.00. The lowest BCUT2D eigenvalue weighted by atomic mass is 10.2. The van der Waals surface area contributed by atoms with E-state index in [0.717, 1.165) is 17.1 Å². The van der Waals surface area contributed by atoms with Crippen LogP contribution in [0.1, 0.15) is 17.1 Å². The first kappa shape index (κ1) is 16.6. The third kappa shape index (κ3) is 5.11. The Morgan fingerprint density at radius 2 is 1.80 bits per heavy atom. The number of hydrogen-bond acceptors (Lipinski definition) is 3. The number of hydrogen-bond donors (Lipinski definition) is 1. The quantitative estimate of drug-likeness (QED) is 0.658. The van der Waals surface area contributed by atoms with Crippen LogP contribution in [-0.2, 0) is 11.4 Å². The summed E-state index contributed by atoms with van der Waals surface area (Å²) in [6.45, 7) is 2.37. The van der Waals surface area contributed by atoms with Crippen molar-refractivity contribution < 1.29 is 13.9 Å². The van der Waals surface area contributed by atoms with Crippen molar-refractivity contribution in [1.82, 2.24) is 0 Å². The van der Waals surface area contributed by atoms with Crippen LogP contribution < -0.4 is 10.1 Å². The second kappa shape index (κ2) is 8.02. The minimum atomic E-state index is -0.216. The number of ether oxygens (including phenoxy) is 1. The molecule has 0 radical (unpaired) electrons. The number of nitrogens with one attached hydrogen (secondary N) is 1. The van der Waals surface area contributed by atoms with Gasteiger partial charge in [0.1, 0.15) is 23.9 Å². The summed E-state index contributed by atoms with van der Waals surface area (Å²) in [6.07, 6.45) is 3.08. The largest absolute Gasteiger partial charge is 0.489 e. The summed E-state index contributed by atoms with van der Waals surface area (Å²) in [5, 5.41) is 2.80. The van der Waals surface area contributed by atoms with E-state index in [1.165, 1.54) is 6.08 Å². The molecule has 1 amide bonds. The molecule has 4 heteroatoms. The van der Waals surface area contributed by atoms with E-state index < -0.39 is 0 Å². The fraction of sp³-hybridized carbons (Fsp3) is 0.0952. The van der Waals surface area contributed by atoms with Gasteiger partial charge in [0.15, 0.2) is 0 Å². The minimum absolute atomic E-state index is 0.216. The summed E-state index contributed by atoms with van der Waals surface area (Å²) < 4.78 is 11.1. The maximum atomic E-state index is 11.9. The molecule has 1 heterocycles. The molecule has 0 fully saturated rings. The molecule has 3 aromatic rings. The summed E-state index contributed by atoms with van der Waals surface area (Å²) in [4.78, 5) is 11.9. The van der Waals surface area contributed by atoms with Crippen LogP contribution in [0.2, 0.25) is 0 Å². The van der Waals surface area contributed by atoms with Crippen molar-refractivity contribution in [3.63, 3.8) is 0 Å². The van der Waals surface area contributed by atoms with Crippen LogP contribution in [0.25, 0.3) is 6.08 Å². The standard InChI is InChI=1S/C21H19NO3/c1-16-7-10-20(25-16)13-14-21(23)22-18-8-11-19(12-9-18)24-15-17-5-3-2-4-6-17/h2-14H,15H2,1H3,(H,22,23). The van der Waals surface area contributed by atoms with Gasteiger partial charge in [0.05, 0.1) is 0 Å². The molecule has 4 nitrogen and oxygen atoms in total. The fourth-order valence-corrected chi connectivity index (χ4v) is 2.26. The molecule has 0 spiro atoms. The maximum Gasteiger partial charge on any atom is 0.248 e. The van der Waals surface area contributed by atoms with Crippen LogP contribution in [0.4, 0.5) is 5.69 Å². The lowest BCUT2D eigenvalue weighted by molar-refractivity contribution is -0.111. The molecule has 0 bridgehead atoms. The van der Waals surface area contributed by atoms with Crippen LogP contribution in [0.15, 0.2) is 77.2 Å². The van der Waals surface area contributed by atoms with Crippen molar-refractivity contribution in [3.8, 4) is 5.75 Å². The highest BCUT2D eigenvalue weighted by Gasteiger charge is 2.01. The van der Waals surface area contributed by atoms with Gasteiger partial charge in [-0.15, -0.1) is 0 Å². The molecule has 0 unspecified atom stereocenters. The molecule has 0 aliphatic carbocycles. The summed E-state index contributed by atoms with van der Waals surface area (Å²) in [7, 11) is 0. The number of aryl methyl sites for hydroxylation is 1. The fourth-order valence-electron chi connectivity index (χ4n) is 2.26. The van der Waals surface area contributed by atoms with E-state index in [2.05, 4.69) is 5.32 Å². The van der Waals surface area contributed by atoms with Gasteiger partial charge < -0.3 is 14.5 Å². The highest BCUT2D eigenvalue weighted by molar-refractivity contribution is 6.01. The van der Waals surface area contributed by atoms with Crippen molar-refractivity contribution in [2.24, 2.45) is 0 Å².